The van der Waals surface area contributed by atoms with Gasteiger partial charge in [0, 0.05) is 31.6 Å². The average molecular weight is 373 g/mol. The van der Waals surface area contributed by atoms with Crippen LogP contribution < -0.4 is 5.32 Å². The smallest absolute Gasteiger partial charge is 0.224 e. The third-order valence-corrected chi connectivity index (χ3v) is 4.56. The lowest BCUT2D eigenvalue weighted by atomic mass is 10.1. The molecule has 2 aromatic carbocycles. The molecule has 0 radical (unpaired) electrons. The van der Waals surface area contributed by atoms with Crippen molar-refractivity contribution < 1.29 is 9.59 Å². The lowest BCUT2D eigenvalue weighted by molar-refractivity contribution is -0.129. The lowest BCUT2D eigenvalue weighted by Crippen LogP contribution is -2.39. The monoisotopic (exact) mass is 372 g/mol. The summed E-state index contributed by atoms with van der Waals surface area (Å²) in [7, 11) is 0. The van der Waals surface area contributed by atoms with E-state index in [-0.39, 0.29) is 11.8 Å². The molecule has 2 aromatic rings. The minimum Gasteiger partial charge on any atom is -0.354 e. The van der Waals surface area contributed by atoms with Crippen molar-refractivity contribution in [3.05, 3.63) is 70.2 Å². The van der Waals surface area contributed by atoms with Crippen LogP contribution in [0.5, 0.6) is 0 Å². The number of halogens is 1. The number of benzene rings is 2. The Hall–Kier alpha value is -2.33. The molecular weight excluding hydrogens is 348 g/mol. The molecule has 4 nitrogen and oxygen atoms in total. The lowest BCUT2D eigenvalue weighted by Gasteiger charge is -2.21. The van der Waals surface area contributed by atoms with E-state index in [1.165, 1.54) is 0 Å². The molecule has 2 amide bonds. The molecule has 1 N–H and O–H groups in total. The summed E-state index contributed by atoms with van der Waals surface area (Å²) < 4.78 is 0. The van der Waals surface area contributed by atoms with Gasteiger partial charge in [0.1, 0.15) is 0 Å². The van der Waals surface area contributed by atoms with E-state index in [1.54, 1.807) is 11.8 Å². The summed E-state index contributed by atoms with van der Waals surface area (Å²) >= 11 is 5.99. The molecule has 5 heteroatoms. The summed E-state index contributed by atoms with van der Waals surface area (Å²) in [5.41, 5.74) is 3.22. The van der Waals surface area contributed by atoms with Gasteiger partial charge in [-0.1, -0.05) is 48.0 Å². The Bertz CT molecular complexity index is 761. The molecule has 0 heterocycles. The van der Waals surface area contributed by atoms with Gasteiger partial charge >= 0.3 is 0 Å². The molecule has 0 aliphatic carbocycles. The quantitative estimate of drug-likeness (QED) is 0.772. The minimum atomic E-state index is -0.0300. The van der Waals surface area contributed by atoms with Gasteiger partial charge in [-0.05, 0) is 42.2 Å². The van der Waals surface area contributed by atoms with E-state index in [4.69, 9.17) is 11.6 Å². The first-order chi connectivity index (χ1) is 12.5. The van der Waals surface area contributed by atoms with Crippen LogP contribution in [0.2, 0.25) is 5.02 Å². The van der Waals surface area contributed by atoms with Gasteiger partial charge in [-0.15, -0.1) is 0 Å². The summed E-state index contributed by atoms with van der Waals surface area (Å²) in [6.45, 7) is 5.08. The van der Waals surface area contributed by atoms with Gasteiger partial charge in [-0.25, -0.2) is 0 Å². The van der Waals surface area contributed by atoms with E-state index in [9.17, 15) is 9.59 Å². The predicted octanol–water partition coefficient (Wildman–Crippen LogP) is 3.40. The van der Waals surface area contributed by atoms with Crippen LogP contribution in [0, 0.1) is 6.92 Å². The van der Waals surface area contributed by atoms with Crippen molar-refractivity contribution in [1.29, 1.82) is 0 Å². The highest BCUT2D eigenvalue weighted by atomic mass is 35.5. The molecule has 138 valence electrons. The number of hydrogen-bond donors (Lipinski definition) is 1. The molecule has 2 rings (SSSR count). The Kier molecular flexibility index (Phi) is 7.67. The Morgan fingerprint density at radius 1 is 1.08 bits per heavy atom. The zero-order valence-electron chi connectivity index (χ0n) is 15.3. The molecule has 0 atom stereocenters. The van der Waals surface area contributed by atoms with Gasteiger partial charge in [0.05, 0.1) is 6.42 Å². The third kappa shape index (κ3) is 6.52. The topological polar surface area (TPSA) is 49.4 Å². The van der Waals surface area contributed by atoms with Crippen molar-refractivity contribution in [3.63, 3.8) is 0 Å². The van der Waals surface area contributed by atoms with Crippen LogP contribution in [0.1, 0.15) is 23.6 Å². The fourth-order valence-electron chi connectivity index (χ4n) is 2.76. The Morgan fingerprint density at radius 2 is 1.85 bits per heavy atom. The largest absolute Gasteiger partial charge is 0.354 e. The van der Waals surface area contributed by atoms with Crippen molar-refractivity contribution in [2.75, 3.05) is 19.6 Å². The van der Waals surface area contributed by atoms with Crippen LogP contribution in [0.4, 0.5) is 0 Å². The molecule has 0 aliphatic rings. The Morgan fingerprint density at radius 3 is 2.54 bits per heavy atom. The van der Waals surface area contributed by atoms with Crippen molar-refractivity contribution in [2.45, 2.75) is 26.7 Å². The van der Waals surface area contributed by atoms with Gasteiger partial charge in [-0.2, -0.15) is 0 Å². The van der Waals surface area contributed by atoms with E-state index >= 15 is 0 Å². The molecular formula is C21H25ClN2O2. The molecule has 0 aromatic heterocycles. The van der Waals surface area contributed by atoms with Crippen LogP contribution >= 0.6 is 11.6 Å². The number of amides is 2. The first kappa shape index (κ1) is 20.0. The van der Waals surface area contributed by atoms with Crippen molar-refractivity contribution in [3.8, 4) is 0 Å². The summed E-state index contributed by atoms with van der Waals surface area (Å²) in [6.07, 6.45) is 1.09. The normalized spacial score (nSPS) is 10.4. The summed E-state index contributed by atoms with van der Waals surface area (Å²) in [4.78, 5) is 25.7. The number of carbonyl (C=O) groups is 2. The molecule has 0 saturated heterocycles. The summed E-state index contributed by atoms with van der Waals surface area (Å²) in [5, 5.41) is 3.59. The Balaban J connectivity index is 1.78. The maximum absolute atomic E-state index is 12.1. The highest BCUT2D eigenvalue weighted by Crippen LogP contribution is 2.11. The molecule has 0 unspecified atom stereocenters. The first-order valence-electron chi connectivity index (χ1n) is 8.77. The standard InChI is InChI=1S/C21H25ClN2O2/c1-16-6-3-4-8-19(16)15-21(26)23-11-13-24(17(2)25)12-10-18-7-5-9-20(22)14-18/h3-9,14H,10-13,15H2,1-2H3,(H,23,26). The number of nitrogens with zero attached hydrogens (tertiary/aromatic N) is 1. The van der Waals surface area contributed by atoms with E-state index in [1.807, 2.05) is 55.5 Å². The molecule has 0 fully saturated rings. The van der Waals surface area contributed by atoms with Crippen LogP contribution in [-0.4, -0.2) is 36.3 Å². The number of hydrogen-bond acceptors (Lipinski definition) is 2. The van der Waals surface area contributed by atoms with Gasteiger partial charge in [0.15, 0.2) is 0 Å². The number of nitrogens with one attached hydrogen (secondary N) is 1. The van der Waals surface area contributed by atoms with Crippen molar-refractivity contribution >= 4 is 23.4 Å². The molecule has 26 heavy (non-hydrogen) atoms. The fourth-order valence-corrected chi connectivity index (χ4v) is 2.97. The van der Waals surface area contributed by atoms with Crippen LogP contribution in [0.25, 0.3) is 0 Å². The predicted molar refractivity (Wildman–Crippen MR) is 105 cm³/mol. The second-order valence-corrected chi connectivity index (χ2v) is 6.78. The summed E-state index contributed by atoms with van der Waals surface area (Å²) in [6, 6.07) is 15.5. The first-order valence-corrected chi connectivity index (χ1v) is 9.14. The zero-order chi connectivity index (χ0) is 18.9. The molecule has 0 spiro atoms. The van der Waals surface area contributed by atoms with Gasteiger partial charge < -0.3 is 10.2 Å². The SMILES string of the molecule is CC(=O)N(CCNC(=O)Cc1ccccc1C)CCc1cccc(Cl)c1. The van der Waals surface area contributed by atoms with Crippen molar-refractivity contribution in [2.24, 2.45) is 0 Å². The van der Waals surface area contributed by atoms with Crippen LogP contribution in [0.3, 0.4) is 0 Å². The van der Waals surface area contributed by atoms with E-state index in [0.717, 1.165) is 23.1 Å². The third-order valence-electron chi connectivity index (χ3n) is 4.32. The van der Waals surface area contributed by atoms with E-state index in [2.05, 4.69) is 5.32 Å². The minimum absolute atomic E-state index is 0.000167. The highest BCUT2D eigenvalue weighted by molar-refractivity contribution is 6.30. The average Bonchev–Trinajstić information content (AvgIpc) is 2.59. The number of aryl methyl sites for hydroxylation is 1. The van der Waals surface area contributed by atoms with E-state index < -0.39 is 0 Å². The second kappa shape index (κ2) is 9.97. The van der Waals surface area contributed by atoms with Gasteiger partial charge in [0.25, 0.3) is 0 Å². The number of carbonyl (C=O) groups excluding carboxylic acids is 2. The molecule has 0 aliphatic heterocycles. The maximum Gasteiger partial charge on any atom is 0.224 e. The number of rotatable bonds is 8. The van der Waals surface area contributed by atoms with Gasteiger partial charge in [0.2, 0.25) is 11.8 Å². The van der Waals surface area contributed by atoms with E-state index in [0.29, 0.717) is 31.1 Å². The summed E-state index contributed by atoms with van der Waals surface area (Å²) in [5.74, 6) is -0.0298. The van der Waals surface area contributed by atoms with Crippen LogP contribution in [0.15, 0.2) is 48.5 Å². The highest BCUT2D eigenvalue weighted by Gasteiger charge is 2.10. The van der Waals surface area contributed by atoms with Crippen LogP contribution in [-0.2, 0) is 22.4 Å². The zero-order valence-corrected chi connectivity index (χ0v) is 16.1. The van der Waals surface area contributed by atoms with Gasteiger partial charge in [-0.3, -0.25) is 9.59 Å². The molecule has 0 saturated carbocycles. The Labute approximate surface area is 160 Å². The second-order valence-electron chi connectivity index (χ2n) is 6.34. The fraction of sp³-hybridized carbons (Fsp3) is 0.333. The molecule has 0 bridgehead atoms. The maximum atomic E-state index is 12.1. The van der Waals surface area contributed by atoms with Crippen molar-refractivity contribution in [1.82, 2.24) is 10.2 Å².